The third kappa shape index (κ3) is 5.84. The van der Waals surface area contributed by atoms with E-state index < -0.39 is 12.0 Å². The first kappa shape index (κ1) is 16.9. The molecule has 0 saturated carbocycles. The first-order valence-electron chi connectivity index (χ1n) is 6.44. The normalized spacial score (nSPS) is 11.9. The number of amides is 1. The largest absolute Gasteiger partial charge is 0.480 e. The first-order chi connectivity index (χ1) is 9.54. The Labute approximate surface area is 127 Å². The van der Waals surface area contributed by atoms with Gasteiger partial charge in [0.15, 0.2) is 0 Å². The number of carbonyl (C=O) groups excluding carboxylic acids is 1. The molecule has 0 aliphatic heterocycles. The topological polar surface area (TPSA) is 66.4 Å². The lowest BCUT2D eigenvalue weighted by Crippen LogP contribution is -2.40. The molecule has 2 N–H and O–H groups in total. The van der Waals surface area contributed by atoms with E-state index in [0.717, 1.165) is 4.90 Å². The van der Waals surface area contributed by atoms with Crippen molar-refractivity contribution in [2.45, 2.75) is 37.1 Å². The highest BCUT2D eigenvalue weighted by atomic mass is 35.5. The number of nitrogens with one attached hydrogen (secondary N) is 1. The molecule has 1 aromatic carbocycles. The molecule has 0 radical (unpaired) electrons. The smallest absolute Gasteiger partial charge is 0.326 e. The molecule has 4 nitrogen and oxygen atoms in total. The van der Waals surface area contributed by atoms with Crippen molar-refractivity contribution in [2.24, 2.45) is 0 Å². The molecule has 0 fully saturated rings. The van der Waals surface area contributed by atoms with Crippen molar-refractivity contribution in [1.29, 1.82) is 0 Å². The van der Waals surface area contributed by atoms with Crippen LogP contribution in [0, 0.1) is 0 Å². The van der Waals surface area contributed by atoms with E-state index in [4.69, 9.17) is 16.7 Å². The van der Waals surface area contributed by atoms with E-state index in [2.05, 4.69) is 5.32 Å². The van der Waals surface area contributed by atoms with Gasteiger partial charge in [-0.1, -0.05) is 37.1 Å². The number of carboxylic acids is 1. The molecule has 0 aliphatic carbocycles. The third-order valence-corrected chi connectivity index (χ3v) is 4.15. The van der Waals surface area contributed by atoms with Crippen molar-refractivity contribution in [2.75, 3.05) is 5.75 Å². The number of hydrogen-bond acceptors (Lipinski definition) is 3. The number of hydrogen-bond donors (Lipinski definition) is 2. The van der Waals surface area contributed by atoms with Gasteiger partial charge in [-0.25, -0.2) is 4.79 Å². The molecule has 0 heterocycles. The molecule has 20 heavy (non-hydrogen) atoms. The lowest BCUT2D eigenvalue weighted by atomic mass is 10.1. The van der Waals surface area contributed by atoms with Gasteiger partial charge in [-0.05, 0) is 18.6 Å². The molecule has 0 spiro atoms. The average molecular weight is 316 g/mol. The number of rotatable bonds is 8. The van der Waals surface area contributed by atoms with E-state index in [0.29, 0.717) is 23.6 Å². The molecule has 0 bridgehead atoms. The fourth-order valence-corrected chi connectivity index (χ4v) is 2.82. The Morgan fingerprint density at radius 2 is 2.10 bits per heavy atom. The summed E-state index contributed by atoms with van der Waals surface area (Å²) in [6, 6.07) is 6.63. The average Bonchev–Trinajstić information content (AvgIpc) is 2.40. The van der Waals surface area contributed by atoms with Crippen LogP contribution in [-0.2, 0) is 9.59 Å². The summed E-state index contributed by atoms with van der Waals surface area (Å²) >= 11 is 7.49. The minimum atomic E-state index is -0.987. The van der Waals surface area contributed by atoms with Crippen LogP contribution >= 0.6 is 23.4 Å². The van der Waals surface area contributed by atoms with Gasteiger partial charge < -0.3 is 10.4 Å². The Morgan fingerprint density at radius 1 is 1.40 bits per heavy atom. The minimum Gasteiger partial charge on any atom is -0.480 e. The number of thioether (sulfide) groups is 1. The van der Waals surface area contributed by atoms with E-state index in [1.165, 1.54) is 11.8 Å². The van der Waals surface area contributed by atoms with Crippen molar-refractivity contribution in [1.82, 2.24) is 5.32 Å². The highest BCUT2D eigenvalue weighted by molar-refractivity contribution is 7.99. The zero-order chi connectivity index (χ0) is 15.0. The molecule has 1 atom stereocenters. The Hall–Kier alpha value is -1.20. The summed E-state index contributed by atoms with van der Waals surface area (Å²) in [5, 5.41) is 12.1. The minimum absolute atomic E-state index is 0.245. The summed E-state index contributed by atoms with van der Waals surface area (Å²) in [6.07, 6.45) is 1.42. The summed E-state index contributed by atoms with van der Waals surface area (Å²) < 4.78 is 0. The van der Waals surface area contributed by atoms with Crippen LogP contribution in [0.2, 0.25) is 5.02 Å². The Balaban J connectivity index is 2.36. The van der Waals surface area contributed by atoms with E-state index in [9.17, 15) is 9.59 Å². The second-order valence-electron chi connectivity index (χ2n) is 4.28. The van der Waals surface area contributed by atoms with Crippen LogP contribution in [0.15, 0.2) is 29.2 Å². The summed E-state index contributed by atoms with van der Waals surface area (Å²) in [5.41, 5.74) is 0. The van der Waals surface area contributed by atoms with E-state index in [-0.39, 0.29) is 12.3 Å². The van der Waals surface area contributed by atoms with Gasteiger partial charge >= 0.3 is 5.97 Å². The second-order valence-corrected chi connectivity index (χ2v) is 5.82. The summed E-state index contributed by atoms with van der Waals surface area (Å²) in [7, 11) is 0. The van der Waals surface area contributed by atoms with Crippen LogP contribution in [-0.4, -0.2) is 28.8 Å². The van der Waals surface area contributed by atoms with E-state index >= 15 is 0 Å². The predicted octanol–water partition coefficient (Wildman–Crippen LogP) is 3.19. The number of benzene rings is 1. The molecule has 1 rings (SSSR count). The molecule has 110 valence electrons. The van der Waals surface area contributed by atoms with Crippen LogP contribution in [0.5, 0.6) is 0 Å². The number of aliphatic carboxylic acids is 1. The molecule has 0 aromatic heterocycles. The second kappa shape index (κ2) is 8.87. The quantitative estimate of drug-likeness (QED) is 0.723. The van der Waals surface area contributed by atoms with E-state index in [1.54, 1.807) is 6.07 Å². The third-order valence-electron chi connectivity index (χ3n) is 2.63. The van der Waals surface area contributed by atoms with Crippen molar-refractivity contribution < 1.29 is 14.7 Å². The number of carboxylic acid groups (broad SMARTS) is 1. The van der Waals surface area contributed by atoms with Crippen LogP contribution in [0.4, 0.5) is 0 Å². The van der Waals surface area contributed by atoms with Crippen LogP contribution in [0.3, 0.4) is 0 Å². The summed E-state index contributed by atoms with van der Waals surface area (Å²) in [6.45, 7) is 1.88. The van der Waals surface area contributed by atoms with Gasteiger partial charge in [0.1, 0.15) is 6.04 Å². The van der Waals surface area contributed by atoms with Gasteiger partial charge in [-0.15, -0.1) is 11.8 Å². The fraction of sp³-hybridized carbons (Fsp3) is 0.429. The maximum atomic E-state index is 11.7. The van der Waals surface area contributed by atoms with E-state index in [1.807, 2.05) is 25.1 Å². The fourth-order valence-electron chi connectivity index (χ4n) is 1.63. The maximum absolute atomic E-state index is 11.7. The monoisotopic (exact) mass is 315 g/mol. The highest BCUT2D eigenvalue weighted by Gasteiger charge is 2.18. The zero-order valence-corrected chi connectivity index (χ0v) is 12.8. The SMILES string of the molecule is CCCC(NC(=O)CCSc1ccccc1Cl)C(=O)O. The molecule has 0 saturated heterocycles. The molecule has 1 unspecified atom stereocenters. The van der Waals surface area contributed by atoms with Crippen molar-refractivity contribution in [3.05, 3.63) is 29.3 Å². The van der Waals surface area contributed by atoms with Crippen molar-refractivity contribution in [3.8, 4) is 0 Å². The van der Waals surface area contributed by atoms with Crippen LogP contribution in [0.1, 0.15) is 26.2 Å². The van der Waals surface area contributed by atoms with Gasteiger partial charge in [0.05, 0.1) is 5.02 Å². The maximum Gasteiger partial charge on any atom is 0.326 e. The van der Waals surface area contributed by atoms with Crippen LogP contribution in [0.25, 0.3) is 0 Å². The van der Waals surface area contributed by atoms with Gasteiger partial charge in [-0.2, -0.15) is 0 Å². The number of halogens is 1. The summed E-state index contributed by atoms with van der Waals surface area (Å²) in [5.74, 6) is -0.669. The Bertz CT molecular complexity index is 467. The molecular formula is C14H18ClNO3S. The molecule has 1 amide bonds. The van der Waals surface area contributed by atoms with Crippen LogP contribution < -0.4 is 5.32 Å². The van der Waals surface area contributed by atoms with Crippen molar-refractivity contribution in [3.63, 3.8) is 0 Å². The lowest BCUT2D eigenvalue weighted by molar-refractivity contribution is -0.142. The predicted molar refractivity (Wildman–Crippen MR) is 81.3 cm³/mol. The van der Waals surface area contributed by atoms with Crippen molar-refractivity contribution >= 4 is 35.2 Å². The van der Waals surface area contributed by atoms with Gasteiger partial charge in [0, 0.05) is 17.1 Å². The zero-order valence-electron chi connectivity index (χ0n) is 11.3. The summed E-state index contributed by atoms with van der Waals surface area (Å²) in [4.78, 5) is 23.5. The lowest BCUT2D eigenvalue weighted by Gasteiger charge is -2.13. The van der Waals surface area contributed by atoms with Gasteiger partial charge in [0.2, 0.25) is 5.91 Å². The Kier molecular flexibility index (Phi) is 7.47. The molecule has 6 heteroatoms. The molecule has 1 aromatic rings. The number of carbonyl (C=O) groups is 2. The van der Waals surface area contributed by atoms with Gasteiger partial charge in [-0.3, -0.25) is 4.79 Å². The highest BCUT2D eigenvalue weighted by Crippen LogP contribution is 2.26. The standard InChI is InChI=1S/C14H18ClNO3S/c1-2-5-11(14(18)19)16-13(17)8-9-20-12-7-4-3-6-10(12)15/h3-4,6-7,11H,2,5,8-9H2,1H3,(H,16,17)(H,18,19). The Morgan fingerprint density at radius 3 is 2.70 bits per heavy atom. The molecule has 0 aliphatic rings. The van der Waals surface area contributed by atoms with Gasteiger partial charge in [0.25, 0.3) is 0 Å². The first-order valence-corrected chi connectivity index (χ1v) is 7.80. The molecular weight excluding hydrogens is 298 g/mol.